The summed E-state index contributed by atoms with van der Waals surface area (Å²) in [6, 6.07) is 11.3. The molecule has 0 radical (unpaired) electrons. The second-order valence-electron chi connectivity index (χ2n) is 6.84. The Morgan fingerprint density at radius 3 is 2.72 bits per heavy atom. The molecule has 1 atom stereocenters. The fraction of sp³-hybridized carbons (Fsp3) is 0.381. The Hall–Kier alpha value is -2.49. The average molecular weight is 339 g/mol. The fourth-order valence-corrected chi connectivity index (χ4v) is 3.60. The highest BCUT2D eigenvalue weighted by atomic mass is 16.5. The number of fused-ring (bicyclic) bond motifs is 1. The van der Waals surface area contributed by atoms with Gasteiger partial charge in [-0.2, -0.15) is 0 Å². The SMILES string of the molecule is COc1cccc2c1CCCC2NC(=O)c1cccc(C(C)C)c1O. The lowest BCUT2D eigenvalue weighted by atomic mass is 9.87. The smallest absolute Gasteiger partial charge is 0.255 e. The van der Waals surface area contributed by atoms with E-state index in [1.54, 1.807) is 13.2 Å². The lowest BCUT2D eigenvalue weighted by Crippen LogP contribution is -2.31. The fourth-order valence-electron chi connectivity index (χ4n) is 3.60. The van der Waals surface area contributed by atoms with Crippen LogP contribution in [0, 0.1) is 0 Å². The number of amides is 1. The Balaban J connectivity index is 1.88. The van der Waals surface area contributed by atoms with Crippen LogP contribution in [0.4, 0.5) is 0 Å². The quantitative estimate of drug-likeness (QED) is 0.871. The van der Waals surface area contributed by atoms with Gasteiger partial charge in [0.25, 0.3) is 5.91 Å². The molecule has 0 saturated carbocycles. The van der Waals surface area contributed by atoms with Crippen LogP contribution in [0.15, 0.2) is 36.4 Å². The molecule has 3 rings (SSSR count). The van der Waals surface area contributed by atoms with E-state index in [1.165, 1.54) is 5.56 Å². The number of aromatic hydroxyl groups is 1. The minimum atomic E-state index is -0.235. The third-order valence-electron chi connectivity index (χ3n) is 4.92. The summed E-state index contributed by atoms with van der Waals surface area (Å²) in [5.41, 5.74) is 3.40. The summed E-state index contributed by atoms with van der Waals surface area (Å²) in [6.45, 7) is 4.00. The zero-order valence-electron chi connectivity index (χ0n) is 15.0. The highest BCUT2D eigenvalue weighted by Gasteiger charge is 2.25. The molecule has 132 valence electrons. The first-order chi connectivity index (χ1) is 12.0. The maximum absolute atomic E-state index is 12.8. The zero-order chi connectivity index (χ0) is 18.0. The molecule has 0 saturated heterocycles. The standard InChI is InChI=1S/C21H25NO3/c1-13(2)14-7-4-10-17(20(14)23)21(24)22-18-11-5-9-16-15(18)8-6-12-19(16)25-3/h4,6-8,10,12-13,18,23H,5,9,11H2,1-3H3,(H,22,24). The normalized spacial score (nSPS) is 16.4. The Morgan fingerprint density at radius 2 is 2.00 bits per heavy atom. The van der Waals surface area contributed by atoms with Crippen molar-refractivity contribution in [2.75, 3.05) is 7.11 Å². The van der Waals surface area contributed by atoms with E-state index in [2.05, 4.69) is 5.32 Å². The first-order valence-electron chi connectivity index (χ1n) is 8.81. The molecule has 2 aromatic rings. The summed E-state index contributed by atoms with van der Waals surface area (Å²) in [6.07, 6.45) is 2.84. The Bertz CT molecular complexity index is 783. The van der Waals surface area contributed by atoms with Gasteiger partial charge < -0.3 is 15.2 Å². The monoisotopic (exact) mass is 339 g/mol. The topological polar surface area (TPSA) is 58.6 Å². The Kier molecular flexibility index (Phi) is 4.98. The number of hydrogen-bond acceptors (Lipinski definition) is 3. The van der Waals surface area contributed by atoms with E-state index < -0.39 is 0 Å². The summed E-state index contributed by atoms with van der Waals surface area (Å²) in [5, 5.41) is 13.6. The van der Waals surface area contributed by atoms with Crippen molar-refractivity contribution in [2.45, 2.75) is 45.1 Å². The molecule has 0 aliphatic heterocycles. The molecule has 1 aliphatic rings. The molecular weight excluding hydrogens is 314 g/mol. The highest BCUT2D eigenvalue weighted by Crippen LogP contribution is 2.36. The molecule has 1 amide bonds. The second kappa shape index (κ2) is 7.18. The maximum atomic E-state index is 12.8. The predicted molar refractivity (Wildman–Crippen MR) is 98.3 cm³/mol. The van der Waals surface area contributed by atoms with Gasteiger partial charge in [-0.25, -0.2) is 0 Å². The molecule has 0 spiro atoms. The minimum absolute atomic E-state index is 0.0616. The molecule has 0 fully saturated rings. The summed E-state index contributed by atoms with van der Waals surface area (Å²) in [4.78, 5) is 12.8. The maximum Gasteiger partial charge on any atom is 0.255 e. The number of methoxy groups -OCH3 is 1. The molecule has 1 aliphatic carbocycles. The van der Waals surface area contributed by atoms with Crippen molar-refractivity contribution in [3.63, 3.8) is 0 Å². The van der Waals surface area contributed by atoms with Gasteiger partial charge >= 0.3 is 0 Å². The molecule has 25 heavy (non-hydrogen) atoms. The van der Waals surface area contributed by atoms with Gasteiger partial charge in [-0.3, -0.25) is 4.79 Å². The molecule has 1 unspecified atom stereocenters. The van der Waals surface area contributed by atoms with Gasteiger partial charge in [0.15, 0.2) is 0 Å². The van der Waals surface area contributed by atoms with E-state index >= 15 is 0 Å². The highest BCUT2D eigenvalue weighted by molar-refractivity contribution is 5.97. The van der Waals surface area contributed by atoms with Crippen LogP contribution in [0.5, 0.6) is 11.5 Å². The molecule has 0 aromatic heterocycles. The molecule has 2 aromatic carbocycles. The third-order valence-corrected chi connectivity index (χ3v) is 4.92. The van der Waals surface area contributed by atoms with Crippen LogP contribution in [-0.4, -0.2) is 18.1 Å². The van der Waals surface area contributed by atoms with Gasteiger partial charge in [0.2, 0.25) is 0 Å². The van der Waals surface area contributed by atoms with E-state index in [1.807, 2.05) is 44.2 Å². The van der Waals surface area contributed by atoms with Crippen LogP contribution in [0.3, 0.4) is 0 Å². The number of nitrogens with one attached hydrogen (secondary N) is 1. The van der Waals surface area contributed by atoms with Crippen LogP contribution in [-0.2, 0) is 6.42 Å². The molecule has 4 heteroatoms. The van der Waals surface area contributed by atoms with Crippen molar-refractivity contribution in [1.82, 2.24) is 5.32 Å². The van der Waals surface area contributed by atoms with Gasteiger partial charge in [0.05, 0.1) is 18.7 Å². The second-order valence-corrected chi connectivity index (χ2v) is 6.84. The van der Waals surface area contributed by atoms with E-state index in [4.69, 9.17) is 4.74 Å². The predicted octanol–water partition coefficient (Wildman–Crippen LogP) is 4.33. The summed E-state index contributed by atoms with van der Waals surface area (Å²) < 4.78 is 5.46. The first kappa shape index (κ1) is 17.3. The number of ether oxygens (including phenoxy) is 1. The van der Waals surface area contributed by atoms with Crippen LogP contribution in [0.2, 0.25) is 0 Å². The van der Waals surface area contributed by atoms with Gasteiger partial charge in [-0.05, 0) is 54.0 Å². The van der Waals surface area contributed by atoms with E-state index in [0.29, 0.717) is 5.56 Å². The number of rotatable bonds is 4. The largest absolute Gasteiger partial charge is 0.507 e. The van der Waals surface area contributed by atoms with Crippen molar-refractivity contribution in [3.8, 4) is 11.5 Å². The number of phenols is 1. The molecular formula is C21H25NO3. The number of carbonyl (C=O) groups excluding carboxylic acids is 1. The Labute approximate surface area is 148 Å². The van der Waals surface area contributed by atoms with Crippen molar-refractivity contribution < 1.29 is 14.6 Å². The van der Waals surface area contributed by atoms with E-state index in [9.17, 15) is 9.90 Å². The molecule has 0 heterocycles. The first-order valence-corrected chi connectivity index (χ1v) is 8.81. The lowest BCUT2D eigenvalue weighted by molar-refractivity contribution is 0.0929. The average Bonchev–Trinajstić information content (AvgIpc) is 2.61. The number of hydrogen-bond donors (Lipinski definition) is 2. The van der Waals surface area contributed by atoms with Gasteiger partial charge in [-0.1, -0.05) is 38.1 Å². The molecule has 2 N–H and O–H groups in total. The van der Waals surface area contributed by atoms with Crippen molar-refractivity contribution >= 4 is 5.91 Å². The van der Waals surface area contributed by atoms with E-state index in [-0.39, 0.29) is 23.6 Å². The Morgan fingerprint density at radius 1 is 1.24 bits per heavy atom. The van der Waals surface area contributed by atoms with Gasteiger partial charge in [0.1, 0.15) is 11.5 Å². The molecule has 0 bridgehead atoms. The van der Waals surface area contributed by atoms with Crippen LogP contribution in [0.25, 0.3) is 0 Å². The molecule has 4 nitrogen and oxygen atoms in total. The van der Waals surface area contributed by atoms with Crippen molar-refractivity contribution in [2.24, 2.45) is 0 Å². The third kappa shape index (κ3) is 3.34. The summed E-state index contributed by atoms with van der Waals surface area (Å²) in [7, 11) is 1.67. The summed E-state index contributed by atoms with van der Waals surface area (Å²) >= 11 is 0. The lowest BCUT2D eigenvalue weighted by Gasteiger charge is -2.28. The number of benzene rings is 2. The number of phenolic OH excluding ortho intramolecular Hbond substituents is 1. The summed E-state index contributed by atoms with van der Waals surface area (Å²) in [5.74, 6) is 0.880. The van der Waals surface area contributed by atoms with Crippen LogP contribution < -0.4 is 10.1 Å². The minimum Gasteiger partial charge on any atom is -0.507 e. The number of carbonyl (C=O) groups is 1. The van der Waals surface area contributed by atoms with Crippen LogP contribution >= 0.6 is 0 Å². The van der Waals surface area contributed by atoms with Crippen molar-refractivity contribution in [1.29, 1.82) is 0 Å². The zero-order valence-corrected chi connectivity index (χ0v) is 15.0. The van der Waals surface area contributed by atoms with Gasteiger partial charge in [-0.15, -0.1) is 0 Å². The van der Waals surface area contributed by atoms with Gasteiger partial charge in [0, 0.05) is 0 Å². The van der Waals surface area contributed by atoms with E-state index in [0.717, 1.165) is 36.1 Å². The van der Waals surface area contributed by atoms with Crippen molar-refractivity contribution in [3.05, 3.63) is 58.7 Å². The van der Waals surface area contributed by atoms with Crippen LogP contribution in [0.1, 0.15) is 65.7 Å². The number of para-hydroxylation sites is 1.